The summed E-state index contributed by atoms with van der Waals surface area (Å²) in [4.78, 5) is 8.58. The second-order valence-corrected chi connectivity index (χ2v) is 8.04. The number of methoxy groups -OCH3 is 1. The zero-order valence-electron chi connectivity index (χ0n) is 18.7. The lowest BCUT2D eigenvalue weighted by Gasteiger charge is -2.13. The molecule has 0 unspecified atom stereocenters. The van der Waals surface area contributed by atoms with E-state index in [9.17, 15) is 0 Å². The van der Waals surface area contributed by atoms with Crippen LogP contribution < -0.4 is 20.1 Å². The van der Waals surface area contributed by atoms with Crippen molar-refractivity contribution in [1.82, 2.24) is 15.6 Å². The van der Waals surface area contributed by atoms with Gasteiger partial charge in [0.1, 0.15) is 11.5 Å². The Kier molecular flexibility index (Phi) is 7.18. The Bertz CT molecular complexity index is 1000. The van der Waals surface area contributed by atoms with Gasteiger partial charge in [-0.25, -0.2) is 4.98 Å². The molecule has 0 saturated carbocycles. The molecule has 1 heterocycles. The highest BCUT2D eigenvalue weighted by molar-refractivity contribution is 5.79. The molecule has 0 aliphatic heterocycles. The molecule has 2 N–H and O–H groups in total. The number of rotatable bonds is 7. The Hall–Kier alpha value is -3.48. The highest BCUT2D eigenvalue weighted by atomic mass is 16.5. The van der Waals surface area contributed by atoms with Crippen LogP contribution in [-0.4, -0.2) is 25.1 Å². The molecule has 1 aromatic heterocycles. The van der Waals surface area contributed by atoms with Crippen LogP contribution >= 0.6 is 0 Å². The smallest absolute Gasteiger partial charge is 0.213 e. The maximum atomic E-state index is 5.92. The van der Waals surface area contributed by atoms with E-state index in [2.05, 4.69) is 41.4 Å². The first kappa shape index (κ1) is 22.2. The van der Waals surface area contributed by atoms with Crippen LogP contribution in [0.1, 0.15) is 38.0 Å². The number of aromatic nitrogens is 1. The van der Waals surface area contributed by atoms with Crippen molar-refractivity contribution < 1.29 is 13.9 Å². The molecule has 3 rings (SSSR count). The normalized spacial score (nSPS) is 11.8. The third kappa shape index (κ3) is 6.25. The first-order valence-electron chi connectivity index (χ1n) is 10.2. The molecule has 0 radical (unpaired) electrons. The van der Waals surface area contributed by atoms with Gasteiger partial charge in [0.15, 0.2) is 17.5 Å². The van der Waals surface area contributed by atoms with Crippen molar-refractivity contribution in [3.63, 3.8) is 0 Å². The molecule has 0 saturated heterocycles. The molecule has 0 aliphatic carbocycles. The minimum Gasteiger partial charge on any atom is -0.493 e. The number of oxazole rings is 1. The number of hydrogen-bond donors (Lipinski definition) is 2. The number of nitrogens with zero attached hydrogens (tertiary/aromatic N) is 2. The summed E-state index contributed by atoms with van der Waals surface area (Å²) in [5, 5.41) is 6.51. The molecule has 7 heteroatoms. The minimum atomic E-state index is -0.0628. The fraction of sp³-hybridized carbons (Fsp3) is 0.333. The Morgan fingerprint density at radius 1 is 1.00 bits per heavy atom. The lowest BCUT2D eigenvalue weighted by Crippen LogP contribution is -2.36. The summed E-state index contributed by atoms with van der Waals surface area (Å²) < 4.78 is 17.0. The molecule has 0 fully saturated rings. The van der Waals surface area contributed by atoms with Crippen molar-refractivity contribution in [1.29, 1.82) is 0 Å². The summed E-state index contributed by atoms with van der Waals surface area (Å²) in [7, 11) is 3.36. The molecule has 3 aromatic rings. The summed E-state index contributed by atoms with van der Waals surface area (Å²) in [5.74, 6) is 4.29. The van der Waals surface area contributed by atoms with Gasteiger partial charge in [-0.3, -0.25) is 4.99 Å². The monoisotopic (exact) mass is 422 g/mol. The number of ether oxygens (including phenoxy) is 2. The fourth-order valence-corrected chi connectivity index (χ4v) is 2.81. The van der Waals surface area contributed by atoms with Crippen LogP contribution in [0.15, 0.2) is 64.1 Å². The number of hydrogen-bond acceptors (Lipinski definition) is 5. The predicted octanol–water partition coefficient (Wildman–Crippen LogP) is 4.64. The summed E-state index contributed by atoms with van der Waals surface area (Å²) >= 11 is 0. The molecule has 0 amide bonds. The maximum absolute atomic E-state index is 5.92. The van der Waals surface area contributed by atoms with Crippen LogP contribution in [0.3, 0.4) is 0 Å². The van der Waals surface area contributed by atoms with E-state index in [1.807, 2.05) is 48.5 Å². The largest absolute Gasteiger partial charge is 0.493 e. The highest BCUT2D eigenvalue weighted by Gasteiger charge is 2.19. The van der Waals surface area contributed by atoms with Crippen molar-refractivity contribution in [3.05, 3.63) is 71.9 Å². The number of aliphatic imine (C=N–C) groups is 1. The van der Waals surface area contributed by atoms with E-state index in [1.54, 1.807) is 20.4 Å². The van der Waals surface area contributed by atoms with Gasteiger partial charge in [0.25, 0.3) is 0 Å². The Morgan fingerprint density at radius 3 is 2.29 bits per heavy atom. The zero-order chi connectivity index (χ0) is 22.3. The van der Waals surface area contributed by atoms with Gasteiger partial charge in [0, 0.05) is 19.0 Å². The molecular weight excluding hydrogens is 392 g/mol. The summed E-state index contributed by atoms with van der Waals surface area (Å²) in [6.07, 6.45) is 1.78. The van der Waals surface area contributed by atoms with E-state index in [0.717, 1.165) is 17.1 Å². The van der Waals surface area contributed by atoms with Crippen LogP contribution in [0.4, 0.5) is 0 Å². The van der Waals surface area contributed by atoms with Crippen LogP contribution in [0.5, 0.6) is 17.2 Å². The maximum Gasteiger partial charge on any atom is 0.213 e. The Balaban J connectivity index is 1.51. The van der Waals surface area contributed by atoms with E-state index >= 15 is 0 Å². The van der Waals surface area contributed by atoms with E-state index in [-0.39, 0.29) is 5.41 Å². The summed E-state index contributed by atoms with van der Waals surface area (Å²) in [6.45, 7) is 7.36. The minimum absolute atomic E-state index is 0.0628. The molecule has 31 heavy (non-hydrogen) atoms. The van der Waals surface area contributed by atoms with E-state index in [4.69, 9.17) is 13.9 Å². The molecule has 0 bridgehead atoms. The second-order valence-electron chi connectivity index (χ2n) is 8.04. The van der Waals surface area contributed by atoms with E-state index in [0.29, 0.717) is 36.4 Å². The molecular formula is C24H30N4O3. The highest BCUT2D eigenvalue weighted by Crippen LogP contribution is 2.30. The average molecular weight is 423 g/mol. The van der Waals surface area contributed by atoms with Gasteiger partial charge in [0.05, 0.1) is 19.9 Å². The summed E-state index contributed by atoms with van der Waals surface area (Å²) in [5.41, 5.74) is 1.04. The quantitative estimate of drug-likeness (QED) is 0.427. The van der Waals surface area contributed by atoms with Gasteiger partial charge in [0.2, 0.25) is 5.89 Å². The SMILES string of the molecule is CN=C(NCc1ccc(Oc2ccccc2OC)cc1)NCc1ncc(C(C)(C)C)o1. The third-order valence-corrected chi connectivity index (χ3v) is 4.60. The molecule has 0 aliphatic rings. The van der Waals surface area contributed by atoms with Crippen LogP contribution in [0, 0.1) is 0 Å². The molecule has 0 spiro atoms. The lowest BCUT2D eigenvalue weighted by atomic mass is 9.94. The number of para-hydroxylation sites is 2. The van der Waals surface area contributed by atoms with Crippen molar-refractivity contribution in [2.24, 2.45) is 4.99 Å². The van der Waals surface area contributed by atoms with Gasteiger partial charge in [-0.1, -0.05) is 45.0 Å². The lowest BCUT2D eigenvalue weighted by molar-refractivity contribution is 0.379. The third-order valence-electron chi connectivity index (χ3n) is 4.60. The first-order chi connectivity index (χ1) is 14.9. The fourth-order valence-electron chi connectivity index (χ4n) is 2.81. The van der Waals surface area contributed by atoms with Crippen molar-refractivity contribution >= 4 is 5.96 Å². The molecule has 164 valence electrons. The van der Waals surface area contributed by atoms with Crippen LogP contribution in [-0.2, 0) is 18.5 Å². The topological polar surface area (TPSA) is 80.9 Å². The van der Waals surface area contributed by atoms with Gasteiger partial charge in [-0.05, 0) is 29.8 Å². The van der Waals surface area contributed by atoms with E-state index in [1.165, 1.54) is 0 Å². The molecule has 7 nitrogen and oxygen atoms in total. The zero-order valence-corrected chi connectivity index (χ0v) is 18.7. The first-order valence-corrected chi connectivity index (χ1v) is 10.2. The van der Waals surface area contributed by atoms with E-state index < -0.39 is 0 Å². The van der Waals surface area contributed by atoms with Gasteiger partial charge < -0.3 is 24.5 Å². The van der Waals surface area contributed by atoms with Crippen molar-refractivity contribution in [2.45, 2.75) is 39.3 Å². The summed E-state index contributed by atoms with van der Waals surface area (Å²) in [6, 6.07) is 15.4. The number of benzene rings is 2. The van der Waals surface area contributed by atoms with Crippen LogP contribution in [0.25, 0.3) is 0 Å². The van der Waals surface area contributed by atoms with Crippen molar-refractivity contribution in [3.8, 4) is 17.2 Å². The van der Waals surface area contributed by atoms with Gasteiger partial charge >= 0.3 is 0 Å². The standard InChI is InChI=1S/C24H30N4O3/c1-24(2,3)21-15-26-22(31-21)16-28-23(25-4)27-14-17-10-12-18(13-11-17)30-20-9-7-6-8-19(20)29-5/h6-13,15H,14,16H2,1-5H3,(H2,25,27,28). The number of guanidine groups is 1. The number of nitrogens with one attached hydrogen (secondary N) is 2. The van der Waals surface area contributed by atoms with Crippen LogP contribution in [0.2, 0.25) is 0 Å². The Labute approximate surface area is 183 Å². The molecule has 2 aromatic carbocycles. The predicted molar refractivity (Wildman–Crippen MR) is 122 cm³/mol. The van der Waals surface area contributed by atoms with Crippen molar-refractivity contribution in [2.75, 3.05) is 14.2 Å². The Morgan fingerprint density at radius 2 is 1.68 bits per heavy atom. The van der Waals surface area contributed by atoms with Gasteiger partial charge in [-0.15, -0.1) is 0 Å². The average Bonchev–Trinajstić information content (AvgIpc) is 3.25. The van der Waals surface area contributed by atoms with Gasteiger partial charge in [-0.2, -0.15) is 0 Å². The second kappa shape index (κ2) is 10.0. The molecule has 0 atom stereocenters.